The summed E-state index contributed by atoms with van der Waals surface area (Å²) in [5.74, 6) is -0.429. The third-order valence-corrected chi connectivity index (χ3v) is 4.27. The lowest BCUT2D eigenvalue weighted by molar-refractivity contribution is -0.133. The van der Waals surface area contributed by atoms with E-state index >= 15 is 0 Å². The van der Waals surface area contributed by atoms with Crippen molar-refractivity contribution < 1.29 is 15.0 Å². The van der Waals surface area contributed by atoms with Crippen LogP contribution in [0.15, 0.2) is 5.16 Å². The Morgan fingerprint density at radius 3 is 2.65 bits per heavy atom. The van der Waals surface area contributed by atoms with E-state index < -0.39 is 5.97 Å². The van der Waals surface area contributed by atoms with E-state index in [2.05, 4.69) is 15.1 Å². The number of carbonyl (C=O) groups is 1. The summed E-state index contributed by atoms with van der Waals surface area (Å²) in [5, 5.41) is 26.4. The third kappa shape index (κ3) is 4.19. The first-order chi connectivity index (χ1) is 9.70. The molecule has 0 aromatic carbocycles. The molecule has 20 heavy (non-hydrogen) atoms. The summed E-state index contributed by atoms with van der Waals surface area (Å²) >= 11 is 1.14. The zero-order valence-corrected chi connectivity index (χ0v) is 12.2. The van der Waals surface area contributed by atoms with Crippen LogP contribution in [0.2, 0.25) is 0 Å². The van der Waals surface area contributed by atoms with Gasteiger partial charge in [0.1, 0.15) is 6.61 Å². The number of rotatable bonds is 8. The molecule has 2 rings (SSSR count). The van der Waals surface area contributed by atoms with Gasteiger partial charge in [-0.3, -0.25) is 4.79 Å². The highest BCUT2D eigenvalue weighted by atomic mass is 32.2. The minimum atomic E-state index is -0.882. The van der Waals surface area contributed by atoms with Gasteiger partial charge in [0.05, 0.1) is 5.75 Å². The number of nitrogens with zero attached hydrogens (tertiary/aromatic N) is 4. The second-order valence-electron chi connectivity index (χ2n) is 4.79. The Morgan fingerprint density at radius 1 is 1.25 bits per heavy atom. The van der Waals surface area contributed by atoms with Gasteiger partial charge in [-0.05, 0) is 38.9 Å². The van der Waals surface area contributed by atoms with Crippen molar-refractivity contribution in [3.05, 3.63) is 5.82 Å². The van der Waals surface area contributed by atoms with E-state index in [1.54, 1.807) is 0 Å². The van der Waals surface area contributed by atoms with Crippen LogP contribution in [-0.2, 0) is 17.9 Å². The molecule has 112 valence electrons. The molecule has 8 heteroatoms. The second-order valence-corrected chi connectivity index (χ2v) is 5.74. The molecule has 0 atom stereocenters. The zero-order valence-electron chi connectivity index (χ0n) is 11.4. The molecule has 2 heterocycles. The minimum absolute atomic E-state index is 0.0459. The van der Waals surface area contributed by atoms with Crippen LogP contribution in [0.1, 0.15) is 25.1 Å². The Morgan fingerprint density at radius 2 is 2.00 bits per heavy atom. The molecule has 0 saturated carbocycles. The normalized spacial score (nSPS) is 15.8. The van der Waals surface area contributed by atoms with E-state index in [4.69, 9.17) is 5.11 Å². The zero-order chi connectivity index (χ0) is 14.4. The summed E-state index contributed by atoms with van der Waals surface area (Å²) in [6.07, 6.45) is 3.49. The Hall–Kier alpha value is -1.12. The topological polar surface area (TPSA) is 91.5 Å². The third-order valence-electron chi connectivity index (χ3n) is 3.31. The Balaban J connectivity index is 1.89. The smallest absolute Gasteiger partial charge is 0.313 e. The van der Waals surface area contributed by atoms with Crippen molar-refractivity contribution >= 4 is 17.7 Å². The van der Waals surface area contributed by atoms with Gasteiger partial charge < -0.3 is 19.7 Å². The molecule has 1 fully saturated rings. The van der Waals surface area contributed by atoms with Gasteiger partial charge in [0.25, 0.3) is 0 Å². The van der Waals surface area contributed by atoms with E-state index in [0.29, 0.717) is 17.5 Å². The van der Waals surface area contributed by atoms with Crippen molar-refractivity contribution in [1.82, 2.24) is 19.7 Å². The van der Waals surface area contributed by atoms with Gasteiger partial charge >= 0.3 is 5.97 Å². The maximum Gasteiger partial charge on any atom is 0.313 e. The molecule has 1 aromatic heterocycles. The lowest BCUT2D eigenvalue weighted by Gasteiger charge is -2.15. The lowest BCUT2D eigenvalue weighted by Crippen LogP contribution is -2.22. The highest BCUT2D eigenvalue weighted by Gasteiger charge is 2.15. The highest BCUT2D eigenvalue weighted by Crippen LogP contribution is 2.18. The molecule has 0 bridgehead atoms. The molecule has 0 unspecified atom stereocenters. The molecular weight excluding hydrogens is 280 g/mol. The van der Waals surface area contributed by atoms with Crippen LogP contribution in [0.4, 0.5) is 0 Å². The number of carboxylic acids is 1. The summed E-state index contributed by atoms with van der Waals surface area (Å²) < 4.78 is 1.82. The second kappa shape index (κ2) is 7.61. The van der Waals surface area contributed by atoms with E-state index in [9.17, 15) is 9.90 Å². The predicted molar refractivity (Wildman–Crippen MR) is 74.6 cm³/mol. The summed E-state index contributed by atoms with van der Waals surface area (Å²) in [4.78, 5) is 13.0. The molecule has 1 aliphatic heterocycles. The van der Waals surface area contributed by atoms with Gasteiger partial charge in [-0.2, -0.15) is 0 Å². The molecule has 1 aliphatic rings. The fourth-order valence-corrected chi connectivity index (χ4v) is 3.06. The average molecular weight is 300 g/mol. The number of aliphatic carboxylic acids is 1. The maximum atomic E-state index is 10.6. The van der Waals surface area contributed by atoms with E-state index in [1.807, 2.05) is 4.57 Å². The molecule has 0 amide bonds. The first kappa shape index (κ1) is 15.3. The van der Waals surface area contributed by atoms with Crippen LogP contribution in [0.5, 0.6) is 0 Å². The standard InChI is InChI=1S/C12H20N4O3S/c17-8-10-13-14-12(20-9-11(18)19)16(10)7-3-6-15-4-1-2-5-15/h17H,1-9H2,(H,18,19). The van der Waals surface area contributed by atoms with Crippen LogP contribution < -0.4 is 0 Å². The average Bonchev–Trinajstić information content (AvgIpc) is 3.06. The van der Waals surface area contributed by atoms with Crippen molar-refractivity contribution in [1.29, 1.82) is 0 Å². The van der Waals surface area contributed by atoms with Gasteiger partial charge in [0, 0.05) is 6.54 Å². The van der Waals surface area contributed by atoms with Crippen LogP contribution in [0, 0.1) is 0 Å². The predicted octanol–water partition coefficient (Wildman–Crippen LogP) is 0.433. The van der Waals surface area contributed by atoms with Crippen LogP contribution in [0.25, 0.3) is 0 Å². The molecule has 7 nitrogen and oxygen atoms in total. The number of thioether (sulfide) groups is 1. The number of carboxylic acid groups (broad SMARTS) is 1. The number of aromatic nitrogens is 3. The summed E-state index contributed by atoms with van der Waals surface area (Å²) in [7, 11) is 0. The van der Waals surface area contributed by atoms with E-state index in [-0.39, 0.29) is 12.4 Å². The first-order valence-electron chi connectivity index (χ1n) is 6.80. The quantitative estimate of drug-likeness (QED) is 0.673. The van der Waals surface area contributed by atoms with Crippen molar-refractivity contribution in [3.8, 4) is 0 Å². The van der Waals surface area contributed by atoms with Gasteiger partial charge in [0.2, 0.25) is 0 Å². The first-order valence-corrected chi connectivity index (χ1v) is 7.79. The summed E-state index contributed by atoms with van der Waals surface area (Å²) in [6.45, 7) is 3.88. The molecule has 2 N–H and O–H groups in total. The fourth-order valence-electron chi connectivity index (χ4n) is 2.35. The number of aliphatic hydroxyl groups is 1. The van der Waals surface area contributed by atoms with Crippen molar-refractivity contribution in [2.45, 2.75) is 37.6 Å². The van der Waals surface area contributed by atoms with Crippen LogP contribution in [-0.4, -0.2) is 61.2 Å². The molecule has 1 saturated heterocycles. The van der Waals surface area contributed by atoms with Crippen molar-refractivity contribution in [2.75, 3.05) is 25.4 Å². The molecule has 0 spiro atoms. The SMILES string of the molecule is O=C(O)CSc1nnc(CO)n1CCCN1CCCC1. The monoisotopic (exact) mass is 300 g/mol. The number of aliphatic hydroxyl groups excluding tert-OH is 1. The van der Waals surface area contributed by atoms with Crippen molar-refractivity contribution in [3.63, 3.8) is 0 Å². The Bertz CT molecular complexity index is 446. The summed E-state index contributed by atoms with van der Waals surface area (Å²) in [5.41, 5.74) is 0. The molecule has 1 aromatic rings. The number of hydrogen-bond acceptors (Lipinski definition) is 6. The Kier molecular flexibility index (Phi) is 5.81. The largest absolute Gasteiger partial charge is 0.481 e. The maximum absolute atomic E-state index is 10.6. The van der Waals surface area contributed by atoms with Crippen LogP contribution >= 0.6 is 11.8 Å². The Labute approximate surface area is 122 Å². The van der Waals surface area contributed by atoms with Gasteiger partial charge in [-0.25, -0.2) is 0 Å². The molecular formula is C12H20N4O3S. The fraction of sp³-hybridized carbons (Fsp3) is 0.750. The van der Waals surface area contributed by atoms with Gasteiger partial charge in [-0.15, -0.1) is 10.2 Å². The van der Waals surface area contributed by atoms with E-state index in [1.165, 1.54) is 12.8 Å². The van der Waals surface area contributed by atoms with Crippen LogP contribution in [0.3, 0.4) is 0 Å². The van der Waals surface area contributed by atoms with E-state index in [0.717, 1.165) is 37.8 Å². The highest BCUT2D eigenvalue weighted by molar-refractivity contribution is 7.99. The van der Waals surface area contributed by atoms with Crippen molar-refractivity contribution in [2.24, 2.45) is 0 Å². The number of likely N-dealkylation sites (tertiary alicyclic amines) is 1. The minimum Gasteiger partial charge on any atom is -0.481 e. The van der Waals surface area contributed by atoms with Gasteiger partial charge in [-0.1, -0.05) is 11.8 Å². The molecule has 0 radical (unpaired) electrons. The summed E-state index contributed by atoms with van der Waals surface area (Å²) in [6, 6.07) is 0. The number of hydrogen-bond donors (Lipinski definition) is 2. The van der Waals surface area contributed by atoms with Gasteiger partial charge in [0.15, 0.2) is 11.0 Å². The molecule has 0 aliphatic carbocycles. The lowest BCUT2D eigenvalue weighted by atomic mass is 10.4.